The molecule has 1 rings (SSSR count). The number of thioether (sulfide) groups is 1. The number of nitrogens with one attached hydrogen (secondary N) is 1. The van der Waals surface area contributed by atoms with Gasteiger partial charge in [0.2, 0.25) is 0 Å². The molecule has 0 aromatic carbocycles. The van der Waals surface area contributed by atoms with Gasteiger partial charge in [-0.2, -0.15) is 11.8 Å². The summed E-state index contributed by atoms with van der Waals surface area (Å²) in [6.45, 7) is 4.66. The van der Waals surface area contributed by atoms with E-state index < -0.39 is 0 Å². The molecule has 0 aromatic rings. The van der Waals surface area contributed by atoms with Crippen LogP contribution in [-0.4, -0.2) is 23.6 Å². The van der Waals surface area contributed by atoms with Gasteiger partial charge in [0.05, 0.1) is 0 Å². The van der Waals surface area contributed by atoms with E-state index in [1.165, 1.54) is 64.2 Å². The number of unbranched alkanes of at least 4 members (excludes halogenated alkanes) is 4. The minimum atomic E-state index is 0.724. The topological polar surface area (TPSA) is 12.0 Å². The van der Waals surface area contributed by atoms with Gasteiger partial charge in [-0.05, 0) is 45.3 Å². The van der Waals surface area contributed by atoms with Crippen LogP contribution in [0.2, 0.25) is 0 Å². The molecular weight excluding hydrogens is 238 g/mol. The van der Waals surface area contributed by atoms with Crippen LogP contribution in [0, 0.1) is 0 Å². The zero-order valence-corrected chi connectivity index (χ0v) is 13.5. The van der Waals surface area contributed by atoms with Gasteiger partial charge in [-0.1, -0.05) is 39.0 Å². The molecule has 0 radical (unpaired) electrons. The van der Waals surface area contributed by atoms with Crippen molar-refractivity contribution in [2.75, 3.05) is 6.26 Å². The Balaban J connectivity index is 2.00. The van der Waals surface area contributed by atoms with Gasteiger partial charge < -0.3 is 5.32 Å². The van der Waals surface area contributed by atoms with Crippen LogP contribution < -0.4 is 5.32 Å². The Labute approximate surface area is 119 Å². The molecule has 0 heterocycles. The first-order valence-corrected chi connectivity index (χ1v) is 9.33. The summed E-state index contributed by atoms with van der Waals surface area (Å²) in [6, 6.07) is 1.53. The van der Waals surface area contributed by atoms with Crippen LogP contribution in [0.4, 0.5) is 0 Å². The number of hydrogen-bond acceptors (Lipinski definition) is 2. The Morgan fingerprint density at radius 1 is 1.06 bits per heavy atom. The molecule has 1 unspecified atom stereocenters. The van der Waals surface area contributed by atoms with Gasteiger partial charge >= 0.3 is 0 Å². The van der Waals surface area contributed by atoms with E-state index in [0.717, 1.165) is 17.3 Å². The predicted octanol–water partition coefficient (Wildman–Crippen LogP) is 5.00. The third kappa shape index (κ3) is 7.04. The summed E-state index contributed by atoms with van der Waals surface area (Å²) in [6.07, 6.45) is 16.3. The molecule has 18 heavy (non-hydrogen) atoms. The molecule has 1 aliphatic rings. The lowest BCUT2D eigenvalue weighted by molar-refractivity contribution is 0.337. The predicted molar refractivity (Wildman–Crippen MR) is 85.5 cm³/mol. The highest BCUT2D eigenvalue weighted by atomic mass is 32.2. The first kappa shape index (κ1) is 16.4. The van der Waals surface area contributed by atoms with E-state index in [0.29, 0.717) is 0 Å². The highest BCUT2D eigenvalue weighted by Crippen LogP contribution is 2.27. The summed E-state index contributed by atoms with van der Waals surface area (Å²) in [4.78, 5) is 0. The standard InChI is InChI=1S/C16H33NS/c1-4-5-6-7-8-9-14(2)17-15-10-12-16(18-3)13-11-15/h14-17H,4-13H2,1-3H3. The zero-order valence-electron chi connectivity index (χ0n) is 12.7. The molecule has 1 fully saturated rings. The minimum Gasteiger partial charge on any atom is -0.312 e. The summed E-state index contributed by atoms with van der Waals surface area (Å²) < 4.78 is 0. The first-order chi connectivity index (χ1) is 8.76. The van der Waals surface area contributed by atoms with Crippen LogP contribution in [0.3, 0.4) is 0 Å². The van der Waals surface area contributed by atoms with Crippen molar-refractivity contribution in [3.63, 3.8) is 0 Å². The molecule has 0 amide bonds. The Morgan fingerprint density at radius 3 is 2.33 bits per heavy atom. The summed E-state index contributed by atoms with van der Waals surface area (Å²) in [7, 11) is 0. The quantitative estimate of drug-likeness (QED) is 0.592. The minimum absolute atomic E-state index is 0.724. The van der Waals surface area contributed by atoms with E-state index in [1.807, 2.05) is 0 Å². The van der Waals surface area contributed by atoms with E-state index in [1.54, 1.807) is 0 Å². The van der Waals surface area contributed by atoms with Gasteiger partial charge in [-0.25, -0.2) is 0 Å². The average Bonchev–Trinajstić information content (AvgIpc) is 2.39. The summed E-state index contributed by atoms with van der Waals surface area (Å²) in [5.41, 5.74) is 0. The molecule has 0 saturated heterocycles. The van der Waals surface area contributed by atoms with E-state index >= 15 is 0 Å². The molecule has 0 spiro atoms. The largest absolute Gasteiger partial charge is 0.312 e. The smallest absolute Gasteiger partial charge is 0.00703 e. The molecule has 0 aromatic heterocycles. The second kappa shape index (κ2) is 10.1. The van der Waals surface area contributed by atoms with Gasteiger partial charge in [0, 0.05) is 17.3 Å². The second-order valence-corrected chi connectivity index (χ2v) is 7.12. The normalized spacial score (nSPS) is 26.2. The third-order valence-electron chi connectivity index (χ3n) is 4.27. The van der Waals surface area contributed by atoms with Crippen molar-refractivity contribution in [3.05, 3.63) is 0 Å². The van der Waals surface area contributed by atoms with E-state index in [4.69, 9.17) is 0 Å². The molecule has 0 bridgehead atoms. The molecule has 108 valence electrons. The van der Waals surface area contributed by atoms with Gasteiger partial charge in [0.1, 0.15) is 0 Å². The van der Waals surface area contributed by atoms with Crippen LogP contribution in [0.1, 0.15) is 78.1 Å². The molecule has 0 aliphatic heterocycles. The lowest BCUT2D eigenvalue weighted by Crippen LogP contribution is -2.39. The molecule has 1 saturated carbocycles. The fourth-order valence-electron chi connectivity index (χ4n) is 3.00. The van der Waals surface area contributed by atoms with Crippen LogP contribution in [0.15, 0.2) is 0 Å². The van der Waals surface area contributed by atoms with Crippen LogP contribution in [0.25, 0.3) is 0 Å². The lowest BCUT2D eigenvalue weighted by Gasteiger charge is -2.30. The van der Waals surface area contributed by atoms with Crippen LogP contribution >= 0.6 is 11.8 Å². The van der Waals surface area contributed by atoms with Crippen LogP contribution in [-0.2, 0) is 0 Å². The Bertz CT molecular complexity index is 188. The summed E-state index contributed by atoms with van der Waals surface area (Å²) >= 11 is 2.06. The van der Waals surface area contributed by atoms with Crippen molar-refractivity contribution in [1.82, 2.24) is 5.32 Å². The van der Waals surface area contributed by atoms with Gasteiger partial charge in [0.25, 0.3) is 0 Å². The van der Waals surface area contributed by atoms with Crippen molar-refractivity contribution in [3.8, 4) is 0 Å². The average molecular weight is 272 g/mol. The highest BCUT2D eigenvalue weighted by molar-refractivity contribution is 7.99. The fourth-order valence-corrected chi connectivity index (χ4v) is 3.75. The number of rotatable bonds is 9. The van der Waals surface area contributed by atoms with Gasteiger partial charge in [0.15, 0.2) is 0 Å². The summed E-state index contributed by atoms with van der Waals surface area (Å²) in [5.74, 6) is 0. The zero-order chi connectivity index (χ0) is 13.2. The van der Waals surface area contributed by atoms with Crippen molar-refractivity contribution < 1.29 is 0 Å². The maximum Gasteiger partial charge on any atom is 0.00703 e. The lowest BCUT2D eigenvalue weighted by atomic mass is 9.94. The fraction of sp³-hybridized carbons (Fsp3) is 1.00. The molecule has 1 N–H and O–H groups in total. The first-order valence-electron chi connectivity index (χ1n) is 8.05. The van der Waals surface area contributed by atoms with Gasteiger partial charge in [-0.15, -0.1) is 0 Å². The monoisotopic (exact) mass is 271 g/mol. The van der Waals surface area contributed by atoms with Crippen LogP contribution in [0.5, 0.6) is 0 Å². The van der Waals surface area contributed by atoms with Crippen molar-refractivity contribution in [1.29, 1.82) is 0 Å². The molecule has 1 atom stereocenters. The third-order valence-corrected chi connectivity index (χ3v) is 5.41. The summed E-state index contributed by atoms with van der Waals surface area (Å²) in [5, 5.41) is 4.78. The molecule has 2 heteroatoms. The van der Waals surface area contributed by atoms with Gasteiger partial charge in [-0.3, -0.25) is 0 Å². The maximum absolute atomic E-state index is 3.85. The van der Waals surface area contributed by atoms with Crippen molar-refractivity contribution >= 4 is 11.8 Å². The van der Waals surface area contributed by atoms with E-state index in [9.17, 15) is 0 Å². The molecule has 1 nitrogen and oxygen atoms in total. The van der Waals surface area contributed by atoms with Crippen molar-refractivity contribution in [2.24, 2.45) is 0 Å². The maximum atomic E-state index is 3.85. The highest BCUT2D eigenvalue weighted by Gasteiger charge is 2.21. The Kier molecular flexibility index (Phi) is 9.22. The molecule has 1 aliphatic carbocycles. The van der Waals surface area contributed by atoms with Crippen molar-refractivity contribution in [2.45, 2.75) is 95.4 Å². The second-order valence-electron chi connectivity index (χ2n) is 5.98. The van der Waals surface area contributed by atoms with E-state index in [-0.39, 0.29) is 0 Å². The SMILES string of the molecule is CCCCCCCC(C)NC1CCC(SC)CC1. The Hall–Kier alpha value is 0.310. The van der Waals surface area contributed by atoms with E-state index in [2.05, 4.69) is 37.2 Å². The molecular formula is C16H33NS. The number of hydrogen-bond donors (Lipinski definition) is 1. The Morgan fingerprint density at radius 2 is 1.72 bits per heavy atom.